The van der Waals surface area contributed by atoms with Crippen molar-refractivity contribution in [3.8, 4) is 11.5 Å². The Morgan fingerprint density at radius 1 is 1.06 bits per heavy atom. The SMILES string of the molecule is COC(=O)/C=C/c1cc(OC)c(OC)c(S(=O)(=O)NNC(=O)c2c[nH]c3ccccc23)c1. The summed E-state index contributed by atoms with van der Waals surface area (Å²) in [5, 5.41) is 0.637. The molecular weight excluding hydrogens is 438 g/mol. The third-order valence-corrected chi connectivity index (χ3v) is 5.76. The topological polar surface area (TPSA) is 136 Å². The third kappa shape index (κ3) is 4.74. The monoisotopic (exact) mass is 459 g/mol. The van der Waals surface area contributed by atoms with E-state index in [2.05, 4.69) is 20.0 Å². The van der Waals surface area contributed by atoms with E-state index in [0.29, 0.717) is 10.9 Å². The molecular formula is C21H21N3O7S. The minimum absolute atomic E-state index is 0.0726. The molecule has 3 aromatic rings. The molecule has 2 aromatic carbocycles. The number of hydrogen-bond acceptors (Lipinski definition) is 7. The largest absolute Gasteiger partial charge is 0.493 e. The lowest BCUT2D eigenvalue weighted by Gasteiger charge is -2.15. The molecule has 0 unspecified atom stereocenters. The normalized spacial score (nSPS) is 11.5. The number of aromatic nitrogens is 1. The molecule has 0 aliphatic heterocycles. The summed E-state index contributed by atoms with van der Waals surface area (Å²) in [5.41, 5.74) is 3.53. The van der Waals surface area contributed by atoms with Gasteiger partial charge >= 0.3 is 5.97 Å². The van der Waals surface area contributed by atoms with E-state index in [-0.39, 0.29) is 22.0 Å². The Bertz CT molecular complexity index is 1300. The fourth-order valence-electron chi connectivity index (χ4n) is 2.97. The second-order valence-electron chi connectivity index (χ2n) is 6.42. The number of carbonyl (C=O) groups excluding carboxylic acids is 2. The fraction of sp³-hybridized carbons (Fsp3) is 0.143. The maximum Gasteiger partial charge on any atom is 0.330 e. The van der Waals surface area contributed by atoms with Crippen LogP contribution in [0.3, 0.4) is 0 Å². The number of esters is 1. The molecule has 32 heavy (non-hydrogen) atoms. The molecule has 0 saturated carbocycles. The van der Waals surface area contributed by atoms with Gasteiger partial charge in [0.1, 0.15) is 4.90 Å². The van der Waals surface area contributed by atoms with Gasteiger partial charge in [-0.05, 0) is 29.8 Å². The van der Waals surface area contributed by atoms with Crippen LogP contribution < -0.4 is 19.7 Å². The molecule has 3 rings (SSSR count). The first kappa shape index (κ1) is 22.8. The number of para-hydroxylation sites is 1. The first-order chi connectivity index (χ1) is 15.3. The summed E-state index contributed by atoms with van der Waals surface area (Å²) >= 11 is 0. The average molecular weight is 459 g/mol. The lowest BCUT2D eigenvalue weighted by molar-refractivity contribution is -0.134. The Kier molecular flexibility index (Phi) is 6.81. The second kappa shape index (κ2) is 9.54. The molecule has 10 nitrogen and oxygen atoms in total. The molecule has 1 heterocycles. The number of amides is 1. The summed E-state index contributed by atoms with van der Waals surface area (Å²) in [6, 6.07) is 9.86. The maximum atomic E-state index is 13.0. The van der Waals surface area contributed by atoms with Crippen LogP contribution in [0.2, 0.25) is 0 Å². The highest BCUT2D eigenvalue weighted by atomic mass is 32.2. The van der Waals surface area contributed by atoms with Crippen molar-refractivity contribution in [2.75, 3.05) is 21.3 Å². The van der Waals surface area contributed by atoms with Gasteiger partial charge in [0.05, 0.1) is 26.9 Å². The molecule has 0 spiro atoms. The van der Waals surface area contributed by atoms with Gasteiger partial charge in [-0.3, -0.25) is 10.2 Å². The molecule has 1 aromatic heterocycles. The smallest absolute Gasteiger partial charge is 0.330 e. The summed E-state index contributed by atoms with van der Waals surface area (Å²) < 4.78 is 40.9. The quantitative estimate of drug-likeness (QED) is 0.266. The maximum absolute atomic E-state index is 13.0. The van der Waals surface area contributed by atoms with E-state index in [9.17, 15) is 18.0 Å². The lowest BCUT2D eigenvalue weighted by Crippen LogP contribution is -2.41. The van der Waals surface area contributed by atoms with Crippen molar-refractivity contribution in [2.24, 2.45) is 0 Å². The van der Waals surface area contributed by atoms with Crippen molar-refractivity contribution >= 4 is 38.9 Å². The Hall–Kier alpha value is -3.83. The van der Waals surface area contributed by atoms with Crippen molar-refractivity contribution in [1.82, 2.24) is 15.2 Å². The van der Waals surface area contributed by atoms with Crippen LogP contribution in [0.15, 0.2) is 53.6 Å². The van der Waals surface area contributed by atoms with Gasteiger partial charge in [0.25, 0.3) is 15.9 Å². The number of nitrogens with one attached hydrogen (secondary N) is 3. The number of H-pyrrole nitrogens is 1. The zero-order valence-electron chi connectivity index (χ0n) is 17.5. The predicted molar refractivity (Wildman–Crippen MR) is 117 cm³/mol. The van der Waals surface area contributed by atoms with Gasteiger partial charge in [-0.15, -0.1) is 4.83 Å². The van der Waals surface area contributed by atoms with E-state index in [1.807, 2.05) is 6.07 Å². The average Bonchev–Trinajstić information content (AvgIpc) is 3.24. The van der Waals surface area contributed by atoms with E-state index in [1.165, 1.54) is 45.7 Å². The fourth-order valence-corrected chi connectivity index (χ4v) is 4.03. The number of aromatic amines is 1. The molecule has 0 radical (unpaired) electrons. The minimum Gasteiger partial charge on any atom is -0.493 e. The van der Waals surface area contributed by atoms with Crippen LogP contribution in [0, 0.1) is 0 Å². The van der Waals surface area contributed by atoms with Crippen molar-refractivity contribution in [2.45, 2.75) is 4.90 Å². The van der Waals surface area contributed by atoms with E-state index in [1.54, 1.807) is 18.2 Å². The second-order valence-corrected chi connectivity index (χ2v) is 8.07. The van der Waals surface area contributed by atoms with Gasteiger partial charge in [0.2, 0.25) is 0 Å². The Morgan fingerprint density at radius 3 is 2.50 bits per heavy atom. The standard InChI is InChI=1S/C21H21N3O7S/c1-29-17-10-13(8-9-19(25)30-2)11-18(20(17)31-3)32(27,28)24-23-21(26)15-12-22-16-7-5-4-6-14(15)16/h4-12,22,24H,1-3H3,(H,23,26)/b9-8+. The van der Waals surface area contributed by atoms with Crippen LogP contribution in [0.4, 0.5) is 0 Å². The minimum atomic E-state index is -4.29. The molecule has 0 saturated heterocycles. The molecule has 3 N–H and O–H groups in total. The number of hydrogen-bond donors (Lipinski definition) is 3. The zero-order valence-corrected chi connectivity index (χ0v) is 18.3. The number of methoxy groups -OCH3 is 3. The molecule has 0 bridgehead atoms. The molecule has 0 fully saturated rings. The van der Waals surface area contributed by atoms with Gasteiger partial charge in [-0.25, -0.2) is 13.2 Å². The summed E-state index contributed by atoms with van der Waals surface area (Å²) in [7, 11) is -0.445. The van der Waals surface area contributed by atoms with E-state index in [0.717, 1.165) is 11.6 Å². The lowest BCUT2D eigenvalue weighted by atomic mass is 10.2. The van der Waals surface area contributed by atoms with Crippen molar-refractivity contribution < 1.29 is 32.2 Å². The van der Waals surface area contributed by atoms with E-state index < -0.39 is 21.9 Å². The van der Waals surface area contributed by atoms with Crippen LogP contribution in [0.1, 0.15) is 15.9 Å². The molecule has 1 amide bonds. The molecule has 0 aliphatic carbocycles. The first-order valence-corrected chi connectivity index (χ1v) is 10.7. The zero-order chi connectivity index (χ0) is 23.3. The van der Waals surface area contributed by atoms with Crippen LogP contribution in [-0.2, 0) is 19.6 Å². The van der Waals surface area contributed by atoms with Crippen LogP contribution >= 0.6 is 0 Å². The number of carbonyl (C=O) groups is 2. The highest BCUT2D eigenvalue weighted by Crippen LogP contribution is 2.36. The molecule has 0 aliphatic rings. The van der Waals surface area contributed by atoms with Gasteiger partial charge in [0, 0.05) is 23.2 Å². The molecule has 168 valence electrons. The Balaban J connectivity index is 1.91. The number of fused-ring (bicyclic) bond motifs is 1. The van der Waals surface area contributed by atoms with Crippen LogP contribution in [0.5, 0.6) is 11.5 Å². The Labute approximate surface area is 184 Å². The number of sulfonamides is 1. The first-order valence-electron chi connectivity index (χ1n) is 9.21. The highest BCUT2D eigenvalue weighted by Gasteiger charge is 2.25. The van der Waals surface area contributed by atoms with Crippen LogP contribution in [-0.4, -0.2) is 46.6 Å². The summed E-state index contributed by atoms with van der Waals surface area (Å²) in [6.45, 7) is 0. The van der Waals surface area contributed by atoms with Crippen molar-refractivity contribution in [3.05, 3.63) is 59.8 Å². The molecule has 11 heteroatoms. The van der Waals surface area contributed by atoms with Crippen molar-refractivity contribution in [3.63, 3.8) is 0 Å². The third-order valence-electron chi connectivity index (χ3n) is 4.50. The predicted octanol–water partition coefficient (Wildman–Crippen LogP) is 1.99. The number of benzene rings is 2. The Morgan fingerprint density at radius 2 is 1.81 bits per heavy atom. The number of hydrazine groups is 1. The molecule has 0 atom stereocenters. The van der Waals surface area contributed by atoms with Gasteiger partial charge in [0.15, 0.2) is 11.5 Å². The summed E-state index contributed by atoms with van der Waals surface area (Å²) in [4.78, 5) is 28.7. The summed E-state index contributed by atoms with van der Waals surface area (Å²) in [6.07, 6.45) is 3.97. The van der Waals surface area contributed by atoms with Gasteiger partial charge < -0.3 is 19.2 Å². The van der Waals surface area contributed by atoms with Gasteiger partial charge in [-0.2, -0.15) is 0 Å². The van der Waals surface area contributed by atoms with E-state index in [4.69, 9.17) is 9.47 Å². The van der Waals surface area contributed by atoms with Crippen LogP contribution in [0.25, 0.3) is 17.0 Å². The summed E-state index contributed by atoms with van der Waals surface area (Å²) in [5.74, 6) is -1.23. The van der Waals surface area contributed by atoms with E-state index >= 15 is 0 Å². The van der Waals surface area contributed by atoms with Crippen molar-refractivity contribution in [1.29, 1.82) is 0 Å². The highest BCUT2D eigenvalue weighted by molar-refractivity contribution is 7.89. The van der Waals surface area contributed by atoms with Gasteiger partial charge in [-0.1, -0.05) is 18.2 Å². The number of rotatable bonds is 8. The number of ether oxygens (including phenoxy) is 3.